The van der Waals surface area contributed by atoms with Crippen LogP contribution < -0.4 is 18.9 Å². The molecule has 1 fully saturated rings. The number of ether oxygens (including phenoxy) is 4. The van der Waals surface area contributed by atoms with Crippen molar-refractivity contribution in [3.8, 4) is 23.0 Å². The Kier molecular flexibility index (Phi) is 35.5. The quantitative estimate of drug-likeness (QED) is 0.328. The summed E-state index contributed by atoms with van der Waals surface area (Å²) in [5, 5.41) is 11.3. The summed E-state index contributed by atoms with van der Waals surface area (Å²) in [6, 6.07) is 4.34. The molecule has 336 valence electrons. The fourth-order valence-corrected chi connectivity index (χ4v) is 6.95. The Morgan fingerprint density at radius 3 is 1.21 bits per heavy atom. The van der Waals surface area contributed by atoms with E-state index in [0.29, 0.717) is 37.3 Å². The Bertz CT molecular complexity index is 1320. The maximum Gasteiger partial charge on any atom is 0.169 e. The maximum atomic E-state index is 11.3. The Hall–Kier alpha value is -2.66. The van der Waals surface area contributed by atoms with Gasteiger partial charge in [-0.05, 0) is 111 Å². The van der Waals surface area contributed by atoms with Crippen molar-refractivity contribution >= 4 is 5.57 Å². The van der Waals surface area contributed by atoms with Crippen molar-refractivity contribution in [2.45, 2.75) is 217 Å². The van der Waals surface area contributed by atoms with Gasteiger partial charge in [0.2, 0.25) is 0 Å². The van der Waals surface area contributed by atoms with Gasteiger partial charge in [-0.3, -0.25) is 0 Å². The summed E-state index contributed by atoms with van der Waals surface area (Å²) >= 11 is 0. The molecule has 0 bridgehead atoms. The maximum absolute atomic E-state index is 11.3. The van der Waals surface area contributed by atoms with Gasteiger partial charge >= 0.3 is 0 Å². The van der Waals surface area contributed by atoms with Crippen molar-refractivity contribution in [3.63, 3.8) is 0 Å². The first kappa shape index (κ1) is 61.0. The molecule has 0 spiro atoms. The zero-order valence-corrected chi connectivity index (χ0v) is 42.6. The van der Waals surface area contributed by atoms with E-state index >= 15 is 0 Å². The van der Waals surface area contributed by atoms with Crippen LogP contribution in [0.4, 0.5) is 0 Å². The Labute approximate surface area is 357 Å². The van der Waals surface area contributed by atoms with Gasteiger partial charge in [0, 0.05) is 11.1 Å². The fourth-order valence-electron chi connectivity index (χ4n) is 6.95. The van der Waals surface area contributed by atoms with Crippen molar-refractivity contribution in [3.05, 3.63) is 51.6 Å². The predicted molar refractivity (Wildman–Crippen MR) is 256 cm³/mol. The molecule has 0 saturated heterocycles. The zero-order valence-electron chi connectivity index (χ0n) is 42.6. The molecule has 0 radical (unpaired) electrons. The van der Waals surface area contributed by atoms with Crippen molar-refractivity contribution in [2.75, 3.05) is 26.4 Å². The van der Waals surface area contributed by atoms with Crippen LogP contribution in [0.25, 0.3) is 5.57 Å². The highest BCUT2D eigenvalue weighted by molar-refractivity contribution is 5.77. The minimum Gasteiger partial charge on any atom is -0.486 e. The number of hydrogen-bond donors (Lipinski definition) is 1. The summed E-state index contributed by atoms with van der Waals surface area (Å²) in [5.41, 5.74) is 8.32. The smallest absolute Gasteiger partial charge is 0.169 e. The average molecular weight is 803 g/mol. The molecule has 0 aromatic heterocycles. The van der Waals surface area contributed by atoms with Crippen LogP contribution in [0.2, 0.25) is 0 Å². The van der Waals surface area contributed by atoms with Gasteiger partial charge in [0.25, 0.3) is 0 Å². The standard InChI is InChI=1S/C18H26O3.C18H24O2.8C2H6/c1-12-11-13(2)15-16(21-10-9-20-15)14(12)18(19)7-5-17(3,4)6-8-18;1-12-11-13(2)16-17(20-10-9-19-16)15(12)14-5-7-18(3,4)8-6-14;8*1-2/h11,19H,5-10H2,1-4H3;5,11H,6-10H2,1-4H3;8*1-2H3. The molecule has 6 rings (SSSR count). The van der Waals surface area contributed by atoms with E-state index in [0.717, 1.165) is 78.2 Å². The number of hydrogen-bond acceptors (Lipinski definition) is 5. The second kappa shape index (κ2) is 33.2. The summed E-state index contributed by atoms with van der Waals surface area (Å²) in [6.07, 6.45) is 9.57. The van der Waals surface area contributed by atoms with E-state index in [1.54, 1.807) is 0 Å². The second-order valence-corrected chi connectivity index (χ2v) is 14.3. The highest BCUT2D eigenvalue weighted by Crippen LogP contribution is 2.52. The lowest BCUT2D eigenvalue weighted by Crippen LogP contribution is -2.36. The summed E-state index contributed by atoms with van der Waals surface area (Å²) < 4.78 is 23.5. The first-order chi connectivity index (χ1) is 27.3. The van der Waals surface area contributed by atoms with Crippen LogP contribution in [0.1, 0.15) is 217 Å². The van der Waals surface area contributed by atoms with E-state index in [1.807, 2.05) is 118 Å². The normalized spacial score (nSPS) is 16.5. The minimum atomic E-state index is -0.780. The average Bonchev–Trinajstić information content (AvgIpc) is 3.26. The molecule has 0 unspecified atom stereocenters. The molecule has 0 atom stereocenters. The molecule has 5 heteroatoms. The third-order valence-corrected chi connectivity index (χ3v) is 9.58. The van der Waals surface area contributed by atoms with Crippen LogP contribution in [0.5, 0.6) is 23.0 Å². The van der Waals surface area contributed by atoms with Gasteiger partial charge in [0.15, 0.2) is 23.0 Å². The number of allylic oxidation sites excluding steroid dienone is 2. The van der Waals surface area contributed by atoms with Crippen LogP contribution in [0, 0.1) is 38.5 Å². The lowest BCUT2D eigenvalue weighted by atomic mass is 9.68. The molecule has 2 aromatic carbocycles. The first-order valence-corrected chi connectivity index (χ1v) is 23.5. The van der Waals surface area contributed by atoms with Gasteiger partial charge in [-0.25, -0.2) is 0 Å². The Morgan fingerprint density at radius 2 is 0.807 bits per heavy atom. The van der Waals surface area contributed by atoms with Gasteiger partial charge < -0.3 is 24.1 Å². The van der Waals surface area contributed by atoms with Gasteiger partial charge in [0.05, 0.1) is 5.60 Å². The third kappa shape index (κ3) is 18.4. The molecular weight excluding hydrogens is 705 g/mol. The van der Waals surface area contributed by atoms with Crippen LogP contribution in [0.15, 0.2) is 18.2 Å². The van der Waals surface area contributed by atoms with Crippen LogP contribution in [-0.4, -0.2) is 31.5 Å². The monoisotopic (exact) mass is 803 g/mol. The van der Waals surface area contributed by atoms with Crippen LogP contribution in [0.3, 0.4) is 0 Å². The number of fused-ring (bicyclic) bond motifs is 2. The minimum absolute atomic E-state index is 0.322. The topological polar surface area (TPSA) is 57.2 Å². The molecule has 2 aromatic rings. The molecule has 5 nitrogen and oxygen atoms in total. The summed E-state index contributed by atoms with van der Waals surface area (Å²) in [4.78, 5) is 0. The molecule has 4 aliphatic rings. The number of benzene rings is 2. The molecule has 1 saturated carbocycles. The van der Waals surface area contributed by atoms with Crippen molar-refractivity contribution < 1.29 is 24.1 Å². The van der Waals surface area contributed by atoms with Crippen molar-refractivity contribution in [2.24, 2.45) is 10.8 Å². The van der Waals surface area contributed by atoms with Crippen molar-refractivity contribution in [1.82, 2.24) is 0 Å². The molecule has 57 heavy (non-hydrogen) atoms. The molecule has 2 heterocycles. The van der Waals surface area contributed by atoms with E-state index in [4.69, 9.17) is 18.9 Å². The van der Waals surface area contributed by atoms with Gasteiger partial charge in [-0.15, -0.1) is 0 Å². The highest BCUT2D eigenvalue weighted by atomic mass is 16.6. The number of aliphatic hydroxyl groups is 1. The second-order valence-electron chi connectivity index (χ2n) is 14.3. The van der Waals surface area contributed by atoms with Crippen molar-refractivity contribution in [1.29, 1.82) is 0 Å². The molecule has 0 amide bonds. The van der Waals surface area contributed by atoms with E-state index < -0.39 is 5.60 Å². The molecule has 1 N–H and O–H groups in total. The van der Waals surface area contributed by atoms with E-state index in [1.165, 1.54) is 28.7 Å². The van der Waals surface area contributed by atoms with E-state index in [9.17, 15) is 5.11 Å². The van der Waals surface area contributed by atoms with E-state index in [2.05, 4.69) is 66.7 Å². The lowest BCUT2D eigenvalue weighted by molar-refractivity contribution is -0.0339. The number of rotatable bonds is 2. The SMILES string of the molecule is CC.CC.CC.CC.CC.CC.CC.CC.Cc1cc(C)c(C2(O)CCC(C)(C)CC2)c2c1OCCO2.Cc1cc(C)c(C2=CCC(C)(C)CC2)c2c1OCCO2. The molecule has 2 aliphatic heterocycles. The lowest BCUT2D eigenvalue weighted by Gasteiger charge is -2.42. The first-order valence-electron chi connectivity index (χ1n) is 23.5. The third-order valence-electron chi connectivity index (χ3n) is 9.58. The van der Waals surface area contributed by atoms with Gasteiger partial charge in [-0.2, -0.15) is 0 Å². The fraction of sp³-hybridized carbons (Fsp3) is 0.731. The molecular formula is C52H98O5. The summed E-state index contributed by atoms with van der Waals surface area (Å²) in [5.74, 6) is 3.52. The summed E-state index contributed by atoms with van der Waals surface area (Å²) in [6.45, 7) is 52.1. The van der Waals surface area contributed by atoms with Gasteiger partial charge in [0.1, 0.15) is 26.4 Å². The van der Waals surface area contributed by atoms with E-state index in [-0.39, 0.29) is 0 Å². The zero-order chi connectivity index (χ0) is 45.6. The molecule has 2 aliphatic carbocycles. The largest absolute Gasteiger partial charge is 0.486 e. The highest BCUT2D eigenvalue weighted by Gasteiger charge is 2.42. The van der Waals surface area contributed by atoms with Crippen LogP contribution >= 0.6 is 0 Å². The number of aryl methyl sites for hydroxylation is 4. The predicted octanol–water partition coefficient (Wildman–Crippen LogP) is 16.7. The summed E-state index contributed by atoms with van der Waals surface area (Å²) in [7, 11) is 0. The Morgan fingerprint density at radius 1 is 0.439 bits per heavy atom. The van der Waals surface area contributed by atoms with Gasteiger partial charge in [-0.1, -0.05) is 157 Å². The Balaban J connectivity index is -0.000000365. The van der Waals surface area contributed by atoms with Crippen LogP contribution in [-0.2, 0) is 5.60 Å².